The third kappa shape index (κ3) is 7.53. The number of methoxy groups -OCH3 is 2. The summed E-state index contributed by atoms with van der Waals surface area (Å²) >= 11 is 18.4. The van der Waals surface area contributed by atoms with Gasteiger partial charge in [-0.15, -0.1) is 0 Å². The van der Waals surface area contributed by atoms with E-state index in [2.05, 4.69) is 4.90 Å². The minimum atomic E-state index is -0.660. The lowest BCUT2D eigenvalue weighted by molar-refractivity contribution is 0.108. The molecule has 4 nitrogen and oxygen atoms in total. The number of aliphatic hydroxyl groups is 1. The van der Waals surface area contributed by atoms with E-state index in [0.717, 1.165) is 41.8 Å². The lowest BCUT2D eigenvalue weighted by atomic mass is 10.1. The standard InChI is InChI=1S/C26H28Cl3NO3/c1-32-25-11-9-18(14-26(25)33-2)5-4-12-30(16-19-8-10-22(28)23(29)13-19)17-24(31)20-6-3-7-21(27)15-20/h3,6-11,13-15,24,31H,4-5,12,16-17H2,1-2H3. The summed E-state index contributed by atoms with van der Waals surface area (Å²) in [5.74, 6) is 1.44. The number of aryl methyl sites for hydroxylation is 1. The van der Waals surface area contributed by atoms with Crippen molar-refractivity contribution in [1.82, 2.24) is 4.90 Å². The van der Waals surface area contributed by atoms with Crippen LogP contribution in [0.25, 0.3) is 0 Å². The molecule has 0 aliphatic carbocycles. The molecular formula is C26H28Cl3NO3. The van der Waals surface area contributed by atoms with Crippen molar-refractivity contribution in [3.05, 3.63) is 92.4 Å². The Morgan fingerprint density at radius 2 is 1.61 bits per heavy atom. The Balaban J connectivity index is 1.69. The van der Waals surface area contributed by atoms with Gasteiger partial charge in [0.25, 0.3) is 0 Å². The second kappa shape index (κ2) is 12.5. The second-order valence-electron chi connectivity index (χ2n) is 7.85. The Morgan fingerprint density at radius 3 is 2.30 bits per heavy atom. The average molecular weight is 509 g/mol. The van der Waals surface area contributed by atoms with E-state index in [1.807, 2.05) is 42.5 Å². The highest BCUT2D eigenvalue weighted by Gasteiger charge is 2.15. The average Bonchev–Trinajstić information content (AvgIpc) is 2.81. The molecule has 3 aromatic rings. The van der Waals surface area contributed by atoms with Crippen LogP contribution in [0.15, 0.2) is 60.7 Å². The maximum Gasteiger partial charge on any atom is 0.160 e. The third-order valence-corrected chi connectivity index (χ3v) is 6.42. The molecule has 0 spiro atoms. The maximum absolute atomic E-state index is 10.9. The Labute approximate surface area is 210 Å². The van der Waals surface area contributed by atoms with Crippen molar-refractivity contribution in [1.29, 1.82) is 0 Å². The predicted octanol–water partition coefficient (Wildman–Crippen LogP) is 6.83. The van der Waals surface area contributed by atoms with Crippen molar-refractivity contribution in [3.8, 4) is 11.5 Å². The molecule has 0 aromatic heterocycles. The van der Waals surface area contributed by atoms with Crippen LogP contribution in [-0.4, -0.2) is 37.3 Å². The molecule has 0 aliphatic rings. The van der Waals surface area contributed by atoms with Gasteiger partial charge in [-0.1, -0.05) is 59.1 Å². The van der Waals surface area contributed by atoms with Crippen LogP contribution in [0.5, 0.6) is 11.5 Å². The first-order valence-electron chi connectivity index (χ1n) is 10.7. The number of aliphatic hydroxyl groups excluding tert-OH is 1. The maximum atomic E-state index is 10.9. The molecule has 33 heavy (non-hydrogen) atoms. The van der Waals surface area contributed by atoms with Crippen molar-refractivity contribution >= 4 is 34.8 Å². The smallest absolute Gasteiger partial charge is 0.160 e. The van der Waals surface area contributed by atoms with Gasteiger partial charge < -0.3 is 14.6 Å². The topological polar surface area (TPSA) is 41.9 Å². The van der Waals surface area contributed by atoms with Gasteiger partial charge in [-0.2, -0.15) is 0 Å². The zero-order chi connectivity index (χ0) is 23.8. The molecule has 0 aliphatic heterocycles. The molecule has 1 unspecified atom stereocenters. The van der Waals surface area contributed by atoms with E-state index in [-0.39, 0.29) is 0 Å². The van der Waals surface area contributed by atoms with Gasteiger partial charge in [-0.05, 0) is 72.5 Å². The van der Waals surface area contributed by atoms with E-state index >= 15 is 0 Å². The zero-order valence-electron chi connectivity index (χ0n) is 18.7. The first-order chi connectivity index (χ1) is 15.9. The summed E-state index contributed by atoms with van der Waals surface area (Å²) in [5.41, 5.74) is 2.99. The van der Waals surface area contributed by atoms with Gasteiger partial charge in [-0.3, -0.25) is 4.90 Å². The zero-order valence-corrected chi connectivity index (χ0v) is 21.0. The monoisotopic (exact) mass is 507 g/mol. The molecule has 1 N–H and O–H groups in total. The SMILES string of the molecule is COc1ccc(CCCN(Cc2ccc(Cl)c(Cl)c2)CC(O)c2cccc(Cl)c2)cc1OC. The van der Waals surface area contributed by atoms with E-state index in [1.54, 1.807) is 32.4 Å². The lowest BCUT2D eigenvalue weighted by Crippen LogP contribution is -2.29. The fourth-order valence-electron chi connectivity index (χ4n) is 3.74. The highest BCUT2D eigenvalue weighted by molar-refractivity contribution is 6.42. The van der Waals surface area contributed by atoms with Crippen molar-refractivity contribution in [3.63, 3.8) is 0 Å². The Hall–Kier alpha value is -1.95. The van der Waals surface area contributed by atoms with Crippen LogP contribution in [0.3, 0.4) is 0 Å². The summed E-state index contributed by atoms with van der Waals surface area (Å²) in [6.45, 7) is 1.89. The van der Waals surface area contributed by atoms with Crippen LogP contribution >= 0.6 is 34.8 Å². The quantitative estimate of drug-likeness (QED) is 0.308. The highest BCUT2D eigenvalue weighted by Crippen LogP contribution is 2.28. The van der Waals surface area contributed by atoms with Crippen LogP contribution < -0.4 is 9.47 Å². The molecule has 0 fully saturated rings. The van der Waals surface area contributed by atoms with Crippen molar-refractivity contribution < 1.29 is 14.6 Å². The summed E-state index contributed by atoms with van der Waals surface area (Å²) in [6, 6.07) is 18.9. The lowest BCUT2D eigenvalue weighted by Gasteiger charge is -2.26. The number of halogens is 3. The molecule has 0 saturated carbocycles. The van der Waals surface area contributed by atoms with Crippen molar-refractivity contribution in [2.45, 2.75) is 25.5 Å². The number of rotatable bonds is 11. The molecule has 1 atom stereocenters. The Bertz CT molecular complexity index is 1060. The van der Waals surface area contributed by atoms with Crippen molar-refractivity contribution in [2.75, 3.05) is 27.3 Å². The molecule has 0 saturated heterocycles. The Morgan fingerprint density at radius 1 is 0.848 bits per heavy atom. The normalized spacial score (nSPS) is 12.1. The summed E-state index contributed by atoms with van der Waals surface area (Å²) in [5, 5.41) is 12.5. The van der Waals surface area contributed by atoms with Gasteiger partial charge in [0.1, 0.15) is 0 Å². The van der Waals surface area contributed by atoms with Gasteiger partial charge in [0.05, 0.1) is 30.4 Å². The van der Waals surface area contributed by atoms with Crippen LogP contribution in [0.1, 0.15) is 29.2 Å². The Kier molecular flexibility index (Phi) is 9.72. The third-order valence-electron chi connectivity index (χ3n) is 5.44. The van der Waals surface area contributed by atoms with Gasteiger partial charge in [0, 0.05) is 18.1 Å². The molecule has 7 heteroatoms. The molecule has 0 heterocycles. The number of benzene rings is 3. The van der Waals surface area contributed by atoms with Crippen LogP contribution in [0.4, 0.5) is 0 Å². The molecule has 0 radical (unpaired) electrons. The molecule has 3 aromatic carbocycles. The minimum absolute atomic E-state index is 0.465. The largest absolute Gasteiger partial charge is 0.493 e. The first kappa shape index (κ1) is 25.7. The summed E-state index contributed by atoms with van der Waals surface area (Å²) < 4.78 is 10.7. The second-order valence-corrected chi connectivity index (χ2v) is 9.10. The van der Waals surface area contributed by atoms with Gasteiger partial charge >= 0.3 is 0 Å². The fourth-order valence-corrected chi connectivity index (χ4v) is 4.26. The first-order valence-corrected chi connectivity index (χ1v) is 11.8. The highest BCUT2D eigenvalue weighted by atomic mass is 35.5. The summed E-state index contributed by atoms with van der Waals surface area (Å²) in [4.78, 5) is 2.21. The van der Waals surface area contributed by atoms with E-state index in [9.17, 15) is 5.11 Å². The van der Waals surface area contributed by atoms with Gasteiger partial charge in [-0.25, -0.2) is 0 Å². The molecule has 0 amide bonds. The van der Waals surface area contributed by atoms with E-state index < -0.39 is 6.10 Å². The van der Waals surface area contributed by atoms with E-state index in [4.69, 9.17) is 44.3 Å². The van der Waals surface area contributed by atoms with E-state index in [0.29, 0.717) is 33.9 Å². The molecular weight excluding hydrogens is 481 g/mol. The van der Waals surface area contributed by atoms with Crippen LogP contribution in [0.2, 0.25) is 15.1 Å². The molecule has 3 rings (SSSR count). The molecule has 176 valence electrons. The van der Waals surface area contributed by atoms with Crippen LogP contribution in [-0.2, 0) is 13.0 Å². The number of ether oxygens (including phenoxy) is 2. The number of nitrogens with zero attached hydrogens (tertiary/aromatic N) is 1. The summed E-state index contributed by atoms with van der Waals surface area (Å²) in [6.07, 6.45) is 1.11. The number of hydrogen-bond acceptors (Lipinski definition) is 4. The fraction of sp³-hybridized carbons (Fsp3) is 0.308. The van der Waals surface area contributed by atoms with Crippen LogP contribution in [0, 0.1) is 0 Å². The van der Waals surface area contributed by atoms with Gasteiger partial charge in [0.2, 0.25) is 0 Å². The predicted molar refractivity (Wildman–Crippen MR) is 136 cm³/mol. The van der Waals surface area contributed by atoms with E-state index in [1.165, 1.54) is 0 Å². The van der Waals surface area contributed by atoms with Crippen molar-refractivity contribution in [2.24, 2.45) is 0 Å². The van der Waals surface area contributed by atoms with Gasteiger partial charge in [0.15, 0.2) is 11.5 Å². The molecule has 0 bridgehead atoms. The minimum Gasteiger partial charge on any atom is -0.493 e. The summed E-state index contributed by atoms with van der Waals surface area (Å²) in [7, 11) is 3.27. The number of hydrogen-bond donors (Lipinski definition) is 1.